The van der Waals surface area contributed by atoms with E-state index in [4.69, 9.17) is 9.57 Å². The van der Waals surface area contributed by atoms with Gasteiger partial charge in [0.05, 0.1) is 26.4 Å². The first kappa shape index (κ1) is 32.1. The minimum Gasteiger partial charge on any atom is -0.480 e. The maximum atomic E-state index is 13.4. The number of aliphatic carboxylic acids is 1. The van der Waals surface area contributed by atoms with Gasteiger partial charge in [-0.25, -0.2) is 4.79 Å². The largest absolute Gasteiger partial charge is 0.480 e. The number of rotatable bonds is 16. The van der Waals surface area contributed by atoms with Crippen molar-refractivity contribution in [2.75, 3.05) is 32.2 Å². The van der Waals surface area contributed by atoms with Crippen LogP contribution in [0.2, 0.25) is 0 Å². The summed E-state index contributed by atoms with van der Waals surface area (Å²) in [4.78, 5) is 30.7. The molecule has 2 unspecified atom stereocenters. The van der Waals surface area contributed by atoms with E-state index in [1.165, 1.54) is 32.1 Å². The van der Waals surface area contributed by atoms with Crippen LogP contribution in [-0.4, -0.2) is 66.4 Å². The molecule has 7 nitrogen and oxygen atoms in total. The zero-order valence-corrected chi connectivity index (χ0v) is 25.3. The number of carboxylic acids is 1. The molecule has 0 spiro atoms. The maximum absolute atomic E-state index is 13.4. The molecular weight excluding hydrogens is 524 g/mol. The van der Waals surface area contributed by atoms with Crippen molar-refractivity contribution in [2.24, 2.45) is 5.92 Å². The summed E-state index contributed by atoms with van der Waals surface area (Å²) in [6, 6.07) is 12.7. The third kappa shape index (κ3) is 9.61. The summed E-state index contributed by atoms with van der Waals surface area (Å²) in [7, 11) is 1.70. The number of hydroxylamine groups is 2. The fourth-order valence-electron chi connectivity index (χ4n) is 5.47. The fraction of sp³-hybridized carbons (Fsp3) is 0.562. The molecule has 2 aromatic carbocycles. The first-order chi connectivity index (χ1) is 19.4. The molecule has 8 heteroatoms. The standard InChI is InChI=1S/C32H46N2O5S/c1-5-34(38-3)21-26(19-24-12-7-6-8-13-24)39-22-25-15-16-28(29(20-25)27-14-10-9-11-23(27)2)31(35)33-30(32(36)37)17-18-40-4/h9-11,14-16,20,24,26,30H,5-8,12-13,17-19,21-22H2,1-4H3,(H,33,35)(H,36,37). The highest BCUT2D eigenvalue weighted by molar-refractivity contribution is 7.98. The van der Waals surface area contributed by atoms with Crippen LogP contribution in [0.5, 0.6) is 0 Å². The molecule has 2 atom stereocenters. The predicted molar refractivity (Wildman–Crippen MR) is 163 cm³/mol. The predicted octanol–water partition coefficient (Wildman–Crippen LogP) is 6.34. The molecular formula is C32H46N2O5S. The second-order valence-electron chi connectivity index (χ2n) is 10.7. The third-order valence-corrected chi connectivity index (χ3v) is 8.45. The summed E-state index contributed by atoms with van der Waals surface area (Å²) >= 11 is 1.56. The average molecular weight is 571 g/mol. The number of carbonyl (C=O) groups is 2. The molecule has 3 rings (SSSR count). The number of nitrogens with zero attached hydrogens (tertiary/aromatic N) is 1. The Hall–Kier alpha value is -2.39. The lowest BCUT2D eigenvalue weighted by molar-refractivity contribution is -0.155. The first-order valence-corrected chi connectivity index (χ1v) is 15.9. The second kappa shape index (κ2) is 16.8. The lowest BCUT2D eigenvalue weighted by atomic mass is 9.85. The molecule has 0 aromatic heterocycles. The molecule has 0 heterocycles. The summed E-state index contributed by atoms with van der Waals surface area (Å²) in [5.74, 6) is -0.0750. The van der Waals surface area contributed by atoms with Gasteiger partial charge in [0.2, 0.25) is 0 Å². The number of thioether (sulfide) groups is 1. The van der Waals surface area contributed by atoms with Crippen LogP contribution in [0, 0.1) is 12.8 Å². The van der Waals surface area contributed by atoms with Crippen LogP contribution in [0.4, 0.5) is 0 Å². The van der Waals surface area contributed by atoms with E-state index in [9.17, 15) is 14.7 Å². The van der Waals surface area contributed by atoms with E-state index in [1.807, 2.05) is 54.6 Å². The van der Waals surface area contributed by atoms with Gasteiger partial charge in [0, 0.05) is 12.1 Å². The minimum atomic E-state index is -1.02. The SMILES string of the molecule is CCN(CC(CC1CCCCC1)OCc1ccc(C(=O)NC(CCSC)C(=O)O)c(-c2ccccc2C)c1)OC. The molecule has 1 aliphatic carbocycles. The molecule has 0 saturated heterocycles. The Morgan fingerprint density at radius 2 is 1.88 bits per heavy atom. The van der Waals surface area contributed by atoms with Crippen LogP contribution in [0.25, 0.3) is 11.1 Å². The van der Waals surface area contributed by atoms with Crippen LogP contribution in [-0.2, 0) is 21.0 Å². The number of nitrogens with one attached hydrogen (secondary N) is 1. The van der Waals surface area contributed by atoms with Gasteiger partial charge < -0.3 is 20.0 Å². The van der Waals surface area contributed by atoms with Gasteiger partial charge in [0.15, 0.2) is 0 Å². The molecule has 1 amide bonds. The summed E-state index contributed by atoms with van der Waals surface area (Å²) in [6.07, 6.45) is 9.78. The van der Waals surface area contributed by atoms with Crippen molar-refractivity contribution in [2.45, 2.75) is 77.5 Å². The number of carboxylic acid groups (broad SMARTS) is 1. The van der Waals surface area contributed by atoms with Gasteiger partial charge in [-0.3, -0.25) is 4.79 Å². The number of aryl methyl sites for hydroxylation is 1. The molecule has 0 aliphatic heterocycles. The van der Waals surface area contributed by atoms with Gasteiger partial charge >= 0.3 is 5.97 Å². The lowest BCUT2D eigenvalue weighted by Gasteiger charge is -2.29. The van der Waals surface area contributed by atoms with Crippen molar-refractivity contribution in [1.82, 2.24) is 10.4 Å². The van der Waals surface area contributed by atoms with Crippen LogP contribution in [0.15, 0.2) is 42.5 Å². The van der Waals surface area contributed by atoms with Crippen LogP contribution < -0.4 is 5.32 Å². The number of benzene rings is 2. The number of ether oxygens (including phenoxy) is 1. The zero-order chi connectivity index (χ0) is 28.9. The summed E-state index contributed by atoms with van der Waals surface area (Å²) in [5.41, 5.74) is 4.20. The van der Waals surface area contributed by atoms with Gasteiger partial charge in [-0.05, 0) is 72.1 Å². The van der Waals surface area contributed by atoms with E-state index in [1.54, 1.807) is 24.9 Å². The van der Waals surface area contributed by atoms with E-state index < -0.39 is 12.0 Å². The van der Waals surface area contributed by atoms with Gasteiger partial charge in [-0.1, -0.05) is 69.4 Å². The number of hydrogen-bond donors (Lipinski definition) is 2. The summed E-state index contributed by atoms with van der Waals surface area (Å²) in [5, 5.41) is 14.3. The molecule has 2 aromatic rings. The van der Waals surface area contributed by atoms with Crippen LogP contribution >= 0.6 is 11.8 Å². The smallest absolute Gasteiger partial charge is 0.326 e. The summed E-state index contributed by atoms with van der Waals surface area (Å²) < 4.78 is 6.52. The highest BCUT2D eigenvalue weighted by atomic mass is 32.2. The van der Waals surface area contributed by atoms with E-state index in [2.05, 4.69) is 12.2 Å². The lowest BCUT2D eigenvalue weighted by Crippen LogP contribution is -2.41. The maximum Gasteiger partial charge on any atom is 0.326 e. The molecule has 1 fully saturated rings. The molecule has 40 heavy (non-hydrogen) atoms. The highest BCUT2D eigenvalue weighted by Gasteiger charge is 2.24. The zero-order valence-electron chi connectivity index (χ0n) is 24.5. The minimum absolute atomic E-state index is 0.0423. The molecule has 220 valence electrons. The van der Waals surface area contributed by atoms with Gasteiger partial charge in [0.25, 0.3) is 5.91 Å². The average Bonchev–Trinajstić information content (AvgIpc) is 2.97. The first-order valence-electron chi connectivity index (χ1n) is 14.5. The van der Waals surface area contributed by atoms with Crippen molar-refractivity contribution in [3.8, 4) is 11.1 Å². The van der Waals surface area contributed by atoms with Crippen molar-refractivity contribution in [3.63, 3.8) is 0 Å². The number of hydrogen-bond acceptors (Lipinski definition) is 6. The van der Waals surface area contributed by atoms with Crippen molar-refractivity contribution in [1.29, 1.82) is 0 Å². The Labute approximate surface area is 244 Å². The van der Waals surface area contributed by atoms with E-state index in [-0.39, 0.29) is 12.0 Å². The number of carbonyl (C=O) groups excluding carboxylic acids is 1. The Morgan fingerprint density at radius 3 is 2.52 bits per heavy atom. The second-order valence-corrected chi connectivity index (χ2v) is 11.7. The third-order valence-electron chi connectivity index (χ3n) is 7.80. The van der Waals surface area contributed by atoms with Gasteiger partial charge in [0.1, 0.15) is 6.04 Å². The topological polar surface area (TPSA) is 88.1 Å². The Bertz CT molecular complexity index is 1080. The Morgan fingerprint density at radius 1 is 1.12 bits per heavy atom. The fourth-order valence-corrected chi connectivity index (χ4v) is 5.94. The number of amides is 1. The van der Waals surface area contributed by atoms with Crippen molar-refractivity contribution < 1.29 is 24.3 Å². The van der Waals surface area contributed by atoms with E-state index in [0.717, 1.165) is 35.2 Å². The monoisotopic (exact) mass is 570 g/mol. The normalized spacial score (nSPS) is 15.6. The molecule has 0 radical (unpaired) electrons. The van der Waals surface area contributed by atoms with Crippen molar-refractivity contribution >= 4 is 23.6 Å². The number of likely N-dealkylation sites (N-methyl/N-ethyl adjacent to an activating group) is 1. The molecule has 1 aliphatic rings. The Kier molecular flexibility index (Phi) is 13.5. The van der Waals surface area contributed by atoms with Crippen molar-refractivity contribution in [3.05, 3.63) is 59.2 Å². The quantitative estimate of drug-likeness (QED) is 0.228. The Balaban J connectivity index is 1.84. The molecule has 1 saturated carbocycles. The van der Waals surface area contributed by atoms with Gasteiger partial charge in [-0.15, -0.1) is 0 Å². The van der Waals surface area contributed by atoms with Crippen LogP contribution in [0.1, 0.15) is 73.4 Å². The van der Waals surface area contributed by atoms with Gasteiger partial charge in [-0.2, -0.15) is 16.8 Å². The highest BCUT2D eigenvalue weighted by Crippen LogP contribution is 2.31. The van der Waals surface area contributed by atoms with E-state index in [0.29, 0.717) is 36.8 Å². The van der Waals surface area contributed by atoms with Crippen LogP contribution in [0.3, 0.4) is 0 Å². The summed E-state index contributed by atoms with van der Waals surface area (Å²) in [6.45, 7) is 6.02. The van der Waals surface area contributed by atoms with E-state index >= 15 is 0 Å². The molecule has 2 N–H and O–H groups in total. The molecule has 0 bridgehead atoms.